The van der Waals surface area contributed by atoms with E-state index in [1.165, 1.54) is 6.07 Å². The van der Waals surface area contributed by atoms with Gasteiger partial charge in [-0.2, -0.15) is 0 Å². The fraction of sp³-hybridized carbons (Fsp3) is 0.296. The number of pyridine rings is 2. The molecular formula is C27H29FN6O2. The molecule has 0 radical (unpaired) electrons. The lowest BCUT2D eigenvalue weighted by Gasteiger charge is -2.35. The zero-order valence-corrected chi connectivity index (χ0v) is 20.2. The third kappa shape index (κ3) is 5.22. The summed E-state index contributed by atoms with van der Waals surface area (Å²) in [4.78, 5) is 28.7. The van der Waals surface area contributed by atoms with Gasteiger partial charge in [-0.1, -0.05) is 12.1 Å². The topological polar surface area (TPSA) is 100 Å². The van der Waals surface area contributed by atoms with E-state index < -0.39 is 11.9 Å². The van der Waals surface area contributed by atoms with Gasteiger partial charge in [0.2, 0.25) is 5.91 Å². The molecule has 4 aromatic rings. The summed E-state index contributed by atoms with van der Waals surface area (Å²) in [5.74, 6) is 0.0130. The molecule has 5 rings (SSSR count). The third-order valence-electron chi connectivity index (χ3n) is 6.52. The number of hydrogen-bond donors (Lipinski definition) is 2. The highest BCUT2D eigenvalue weighted by atomic mass is 19.1. The highest BCUT2D eigenvalue weighted by molar-refractivity contribution is 5.86. The Hall–Kier alpha value is -3.82. The fourth-order valence-electron chi connectivity index (χ4n) is 4.56. The number of carbonyl (C=O) groups excluding carboxylic acids is 1. The number of aromatic nitrogens is 3. The maximum Gasteiger partial charge on any atom is 0.239 e. The number of benzene rings is 1. The van der Waals surface area contributed by atoms with Gasteiger partial charge < -0.3 is 20.4 Å². The van der Waals surface area contributed by atoms with Crippen LogP contribution in [0.4, 0.5) is 4.39 Å². The Morgan fingerprint density at radius 3 is 2.69 bits per heavy atom. The largest absolute Gasteiger partial charge is 0.453 e. The summed E-state index contributed by atoms with van der Waals surface area (Å²) in [6.07, 6.45) is 5.49. The van der Waals surface area contributed by atoms with Gasteiger partial charge in [0.1, 0.15) is 11.4 Å². The molecule has 36 heavy (non-hydrogen) atoms. The van der Waals surface area contributed by atoms with Gasteiger partial charge in [0.05, 0.1) is 17.1 Å². The fourth-order valence-corrected chi connectivity index (χ4v) is 4.56. The van der Waals surface area contributed by atoms with E-state index in [9.17, 15) is 9.18 Å². The van der Waals surface area contributed by atoms with E-state index in [4.69, 9.17) is 10.5 Å². The van der Waals surface area contributed by atoms with Crippen molar-refractivity contribution < 1.29 is 13.9 Å². The number of amides is 1. The number of fused-ring (bicyclic) bond motifs is 1. The first-order valence-corrected chi connectivity index (χ1v) is 12.0. The predicted octanol–water partition coefficient (Wildman–Crippen LogP) is 3.41. The molecule has 4 heterocycles. The minimum Gasteiger partial charge on any atom is -0.453 e. The number of carbonyl (C=O) groups is 1. The van der Waals surface area contributed by atoms with Crippen molar-refractivity contribution in [1.29, 1.82) is 0 Å². The summed E-state index contributed by atoms with van der Waals surface area (Å²) in [6, 6.07) is 11.6. The van der Waals surface area contributed by atoms with Crippen LogP contribution in [-0.2, 0) is 17.8 Å². The Balaban J connectivity index is 1.17. The molecule has 1 saturated heterocycles. The number of aryl methyl sites for hydroxylation is 1. The van der Waals surface area contributed by atoms with Crippen LogP contribution in [0, 0.1) is 12.7 Å². The van der Waals surface area contributed by atoms with Crippen molar-refractivity contribution in [3.8, 4) is 11.5 Å². The summed E-state index contributed by atoms with van der Waals surface area (Å²) < 4.78 is 20.8. The third-order valence-corrected chi connectivity index (χ3v) is 6.52. The van der Waals surface area contributed by atoms with E-state index >= 15 is 0 Å². The Labute approximate surface area is 208 Å². The normalized spacial score (nSPS) is 15.2. The van der Waals surface area contributed by atoms with Gasteiger partial charge >= 0.3 is 0 Å². The van der Waals surface area contributed by atoms with Crippen LogP contribution in [0.15, 0.2) is 61.1 Å². The maximum absolute atomic E-state index is 14.9. The van der Waals surface area contributed by atoms with Gasteiger partial charge in [0.25, 0.3) is 0 Å². The van der Waals surface area contributed by atoms with Crippen LogP contribution in [0.1, 0.15) is 16.8 Å². The quantitative estimate of drug-likeness (QED) is 0.414. The number of H-pyrrole nitrogens is 1. The number of nitrogens with zero attached hydrogens (tertiary/aromatic N) is 4. The van der Waals surface area contributed by atoms with Crippen LogP contribution < -0.4 is 10.5 Å². The molecule has 0 saturated carbocycles. The van der Waals surface area contributed by atoms with Crippen molar-refractivity contribution in [2.24, 2.45) is 5.73 Å². The molecular weight excluding hydrogens is 459 g/mol. The van der Waals surface area contributed by atoms with Crippen LogP contribution in [-0.4, -0.2) is 62.9 Å². The minimum absolute atomic E-state index is 0.107. The summed E-state index contributed by atoms with van der Waals surface area (Å²) in [7, 11) is 0. The van der Waals surface area contributed by atoms with E-state index in [1.807, 2.05) is 31.3 Å². The highest BCUT2D eigenvalue weighted by Gasteiger charge is 2.26. The number of aromatic amines is 1. The molecule has 0 spiro atoms. The maximum atomic E-state index is 14.9. The van der Waals surface area contributed by atoms with Crippen molar-refractivity contribution in [3.63, 3.8) is 0 Å². The first kappa shape index (κ1) is 23.9. The zero-order valence-electron chi connectivity index (χ0n) is 20.2. The molecule has 0 aliphatic carbocycles. The second kappa shape index (κ2) is 10.4. The van der Waals surface area contributed by atoms with E-state index in [0.717, 1.165) is 36.3 Å². The summed E-state index contributed by atoms with van der Waals surface area (Å²) in [6.45, 7) is 5.44. The van der Waals surface area contributed by atoms with Crippen LogP contribution in [0.5, 0.6) is 11.5 Å². The standard InChI is InChI=1S/C27H29FN6O2/c1-18-16-32-26-25(18)24(7-9-31-26)36-23-6-5-19(14-21(23)28)15-22(29)27(35)34-12-10-33(11-13-34)17-20-4-2-3-8-30-20/h2-9,14,16,22H,10-13,15,17,29H2,1H3,(H,31,32). The minimum atomic E-state index is -0.735. The van der Waals surface area contributed by atoms with E-state index in [0.29, 0.717) is 30.0 Å². The molecule has 9 heteroatoms. The van der Waals surface area contributed by atoms with Gasteiger partial charge in [-0.15, -0.1) is 0 Å². The smallest absolute Gasteiger partial charge is 0.239 e. The number of ether oxygens (including phenoxy) is 1. The van der Waals surface area contributed by atoms with Crippen LogP contribution in [0.25, 0.3) is 11.0 Å². The molecule has 0 bridgehead atoms. The van der Waals surface area contributed by atoms with E-state index in [1.54, 1.807) is 35.5 Å². The molecule has 1 unspecified atom stereocenters. The molecule has 1 aliphatic heterocycles. The Kier molecular flexibility index (Phi) is 6.92. The molecule has 3 aromatic heterocycles. The van der Waals surface area contributed by atoms with Crippen molar-refractivity contribution in [1.82, 2.24) is 24.8 Å². The summed E-state index contributed by atoms with van der Waals surface area (Å²) in [5, 5.41) is 0.814. The SMILES string of the molecule is Cc1c[nH]c2nccc(Oc3ccc(CC(N)C(=O)N4CCN(Cc5ccccn5)CC4)cc3F)c12. The van der Waals surface area contributed by atoms with Crippen LogP contribution in [0.3, 0.4) is 0 Å². The second-order valence-electron chi connectivity index (χ2n) is 9.10. The van der Waals surface area contributed by atoms with Gasteiger partial charge in [0, 0.05) is 51.3 Å². The number of piperazine rings is 1. The Morgan fingerprint density at radius 2 is 1.94 bits per heavy atom. The van der Waals surface area contributed by atoms with Crippen LogP contribution >= 0.6 is 0 Å². The average molecular weight is 489 g/mol. The molecule has 186 valence electrons. The van der Waals surface area contributed by atoms with Crippen molar-refractivity contribution in [2.75, 3.05) is 26.2 Å². The number of rotatable bonds is 7. The molecule has 1 amide bonds. The number of nitrogens with two attached hydrogens (primary N) is 1. The average Bonchev–Trinajstić information content (AvgIpc) is 3.28. The van der Waals surface area contributed by atoms with Gasteiger partial charge in [0.15, 0.2) is 11.6 Å². The number of halogens is 1. The molecule has 3 N–H and O–H groups in total. The van der Waals surface area contributed by atoms with E-state index in [-0.39, 0.29) is 18.1 Å². The van der Waals surface area contributed by atoms with Crippen molar-refractivity contribution >= 4 is 16.9 Å². The van der Waals surface area contributed by atoms with E-state index in [2.05, 4.69) is 19.9 Å². The summed E-state index contributed by atoms with van der Waals surface area (Å²) in [5.41, 5.74) is 9.55. The second-order valence-corrected chi connectivity index (χ2v) is 9.10. The van der Waals surface area contributed by atoms with Crippen molar-refractivity contribution in [3.05, 3.63) is 83.7 Å². The lowest BCUT2D eigenvalue weighted by atomic mass is 10.0. The lowest BCUT2D eigenvalue weighted by molar-refractivity contribution is -0.134. The number of nitrogens with one attached hydrogen (secondary N) is 1. The highest BCUT2D eigenvalue weighted by Crippen LogP contribution is 2.32. The van der Waals surface area contributed by atoms with Gasteiger partial charge in [-0.05, 0) is 54.8 Å². The molecule has 1 aliphatic rings. The Morgan fingerprint density at radius 1 is 1.11 bits per heavy atom. The van der Waals surface area contributed by atoms with Crippen LogP contribution in [0.2, 0.25) is 0 Å². The molecule has 8 nitrogen and oxygen atoms in total. The monoisotopic (exact) mass is 488 g/mol. The van der Waals surface area contributed by atoms with Crippen molar-refractivity contribution in [2.45, 2.75) is 25.9 Å². The lowest BCUT2D eigenvalue weighted by Crippen LogP contribution is -2.53. The predicted molar refractivity (Wildman–Crippen MR) is 135 cm³/mol. The Bertz CT molecular complexity index is 1350. The van der Waals surface area contributed by atoms with Gasteiger partial charge in [-0.25, -0.2) is 9.37 Å². The summed E-state index contributed by atoms with van der Waals surface area (Å²) >= 11 is 0. The first-order valence-electron chi connectivity index (χ1n) is 12.0. The zero-order chi connectivity index (χ0) is 25.1. The molecule has 1 fully saturated rings. The molecule has 1 atom stereocenters. The molecule has 1 aromatic carbocycles. The first-order chi connectivity index (χ1) is 17.5. The number of hydrogen-bond acceptors (Lipinski definition) is 6. The van der Waals surface area contributed by atoms with Gasteiger partial charge in [-0.3, -0.25) is 14.7 Å².